The third-order valence-corrected chi connectivity index (χ3v) is 2.41. The number of hydrogen-bond acceptors (Lipinski definition) is 4. The minimum Gasteiger partial charge on any atom is -0.378 e. The second kappa shape index (κ2) is 8.67. The van der Waals surface area contributed by atoms with Crippen molar-refractivity contribution in [3.63, 3.8) is 0 Å². The van der Waals surface area contributed by atoms with Gasteiger partial charge in [-0.1, -0.05) is 0 Å². The molecular weight excluding hydrogens is 206 g/mol. The van der Waals surface area contributed by atoms with Gasteiger partial charge in [0.2, 0.25) is 0 Å². The summed E-state index contributed by atoms with van der Waals surface area (Å²) < 4.78 is 11.2. The summed E-state index contributed by atoms with van der Waals surface area (Å²) in [5.74, 6) is 0. The van der Waals surface area contributed by atoms with Crippen LogP contribution < -0.4 is 5.73 Å². The Morgan fingerprint density at radius 1 is 1.38 bits per heavy atom. The third kappa shape index (κ3) is 8.83. The van der Waals surface area contributed by atoms with E-state index in [4.69, 9.17) is 15.2 Å². The highest BCUT2D eigenvalue weighted by Gasteiger charge is 2.18. The lowest BCUT2D eigenvalue weighted by molar-refractivity contribution is -0.110. The van der Waals surface area contributed by atoms with Crippen LogP contribution in [0, 0.1) is 0 Å². The normalized spacial score (nSPS) is 13.8. The van der Waals surface area contributed by atoms with Crippen LogP contribution in [0.1, 0.15) is 40.0 Å². The third-order valence-electron chi connectivity index (χ3n) is 2.41. The Hall–Kier alpha value is -0.450. The average Bonchev–Trinajstić information content (AvgIpc) is 2.18. The molecule has 16 heavy (non-hydrogen) atoms. The molecule has 0 saturated carbocycles. The first-order valence-electron chi connectivity index (χ1n) is 5.91. The molecule has 0 amide bonds. The van der Waals surface area contributed by atoms with Crippen molar-refractivity contribution in [1.29, 1.82) is 0 Å². The molecule has 0 aliphatic rings. The van der Waals surface area contributed by atoms with Gasteiger partial charge in [0, 0.05) is 13.0 Å². The SMILES string of the molecule is CC(CCN)OCCC(C)(C)OCCC=O. The van der Waals surface area contributed by atoms with Gasteiger partial charge in [0.05, 0.1) is 18.3 Å². The molecule has 1 unspecified atom stereocenters. The quantitative estimate of drug-likeness (QED) is 0.457. The predicted molar refractivity (Wildman–Crippen MR) is 64.4 cm³/mol. The molecule has 0 heterocycles. The van der Waals surface area contributed by atoms with Crippen molar-refractivity contribution in [2.45, 2.75) is 51.7 Å². The van der Waals surface area contributed by atoms with Crippen LogP contribution in [-0.4, -0.2) is 37.7 Å². The average molecular weight is 231 g/mol. The first-order chi connectivity index (χ1) is 7.52. The van der Waals surface area contributed by atoms with E-state index < -0.39 is 0 Å². The van der Waals surface area contributed by atoms with Crippen molar-refractivity contribution in [2.75, 3.05) is 19.8 Å². The Labute approximate surface area is 98.5 Å². The van der Waals surface area contributed by atoms with E-state index in [9.17, 15) is 4.79 Å². The first kappa shape index (κ1) is 15.6. The highest BCUT2D eigenvalue weighted by atomic mass is 16.5. The van der Waals surface area contributed by atoms with E-state index in [2.05, 4.69) is 0 Å². The van der Waals surface area contributed by atoms with Gasteiger partial charge >= 0.3 is 0 Å². The molecule has 0 radical (unpaired) electrons. The number of hydrogen-bond donors (Lipinski definition) is 1. The van der Waals surface area contributed by atoms with Crippen molar-refractivity contribution >= 4 is 6.29 Å². The zero-order valence-corrected chi connectivity index (χ0v) is 10.7. The monoisotopic (exact) mass is 231 g/mol. The zero-order chi connectivity index (χ0) is 12.4. The topological polar surface area (TPSA) is 61.6 Å². The summed E-state index contributed by atoms with van der Waals surface area (Å²) in [6.07, 6.45) is 3.23. The molecule has 2 N–H and O–H groups in total. The Morgan fingerprint density at radius 3 is 2.62 bits per heavy atom. The van der Waals surface area contributed by atoms with Gasteiger partial charge in [0.1, 0.15) is 6.29 Å². The summed E-state index contributed by atoms with van der Waals surface area (Å²) in [5.41, 5.74) is 5.20. The Kier molecular flexibility index (Phi) is 8.43. The van der Waals surface area contributed by atoms with Crippen LogP contribution in [0.15, 0.2) is 0 Å². The zero-order valence-electron chi connectivity index (χ0n) is 10.7. The molecule has 1 atom stereocenters. The fourth-order valence-electron chi connectivity index (χ4n) is 1.28. The summed E-state index contributed by atoms with van der Waals surface area (Å²) >= 11 is 0. The first-order valence-corrected chi connectivity index (χ1v) is 5.91. The summed E-state index contributed by atoms with van der Waals surface area (Å²) in [4.78, 5) is 10.1. The van der Waals surface area contributed by atoms with Gasteiger partial charge in [-0.2, -0.15) is 0 Å². The van der Waals surface area contributed by atoms with Gasteiger partial charge in [-0.25, -0.2) is 0 Å². The second-order valence-corrected chi connectivity index (χ2v) is 4.57. The molecule has 0 aliphatic carbocycles. The molecule has 0 bridgehead atoms. The van der Waals surface area contributed by atoms with Crippen molar-refractivity contribution in [2.24, 2.45) is 5.73 Å². The summed E-state index contributed by atoms with van der Waals surface area (Å²) in [6, 6.07) is 0. The van der Waals surface area contributed by atoms with Crippen LogP contribution in [0.4, 0.5) is 0 Å². The van der Waals surface area contributed by atoms with Crippen LogP contribution in [0.2, 0.25) is 0 Å². The van der Waals surface area contributed by atoms with Crippen LogP contribution >= 0.6 is 0 Å². The fraction of sp³-hybridized carbons (Fsp3) is 0.917. The van der Waals surface area contributed by atoms with E-state index in [0.29, 0.717) is 26.2 Å². The van der Waals surface area contributed by atoms with E-state index in [1.807, 2.05) is 20.8 Å². The van der Waals surface area contributed by atoms with E-state index in [-0.39, 0.29) is 11.7 Å². The molecule has 96 valence electrons. The van der Waals surface area contributed by atoms with Gasteiger partial charge in [0.15, 0.2) is 0 Å². The van der Waals surface area contributed by atoms with Crippen LogP contribution in [0.5, 0.6) is 0 Å². The minimum absolute atomic E-state index is 0.204. The van der Waals surface area contributed by atoms with Crippen molar-refractivity contribution in [1.82, 2.24) is 0 Å². The minimum atomic E-state index is -0.231. The molecule has 0 saturated heterocycles. The van der Waals surface area contributed by atoms with Crippen molar-refractivity contribution in [3.05, 3.63) is 0 Å². The molecule has 4 heteroatoms. The van der Waals surface area contributed by atoms with E-state index in [0.717, 1.165) is 19.1 Å². The van der Waals surface area contributed by atoms with Crippen LogP contribution in [0.25, 0.3) is 0 Å². The maximum atomic E-state index is 10.1. The van der Waals surface area contributed by atoms with Gasteiger partial charge in [-0.15, -0.1) is 0 Å². The highest BCUT2D eigenvalue weighted by Crippen LogP contribution is 2.15. The van der Waals surface area contributed by atoms with E-state index in [1.54, 1.807) is 0 Å². The smallest absolute Gasteiger partial charge is 0.122 e. The van der Waals surface area contributed by atoms with Gasteiger partial charge in [-0.3, -0.25) is 0 Å². The fourth-order valence-corrected chi connectivity index (χ4v) is 1.28. The van der Waals surface area contributed by atoms with Crippen molar-refractivity contribution < 1.29 is 14.3 Å². The van der Waals surface area contributed by atoms with Crippen molar-refractivity contribution in [3.8, 4) is 0 Å². The lowest BCUT2D eigenvalue weighted by Crippen LogP contribution is -2.28. The lowest BCUT2D eigenvalue weighted by atomic mass is 10.1. The largest absolute Gasteiger partial charge is 0.378 e. The molecule has 0 rings (SSSR count). The van der Waals surface area contributed by atoms with Gasteiger partial charge in [-0.05, 0) is 40.2 Å². The van der Waals surface area contributed by atoms with Crippen LogP contribution in [-0.2, 0) is 14.3 Å². The molecule has 4 nitrogen and oxygen atoms in total. The Bertz CT molecular complexity index is 183. The number of ether oxygens (including phenoxy) is 2. The van der Waals surface area contributed by atoms with Gasteiger partial charge in [0.25, 0.3) is 0 Å². The number of carbonyl (C=O) groups excluding carboxylic acids is 1. The van der Waals surface area contributed by atoms with Gasteiger partial charge < -0.3 is 20.0 Å². The molecule has 0 aliphatic heterocycles. The van der Waals surface area contributed by atoms with E-state index >= 15 is 0 Å². The molecule has 0 aromatic carbocycles. The summed E-state index contributed by atoms with van der Waals surface area (Å²) in [7, 11) is 0. The lowest BCUT2D eigenvalue weighted by Gasteiger charge is -2.25. The standard InChI is InChI=1S/C12H25NO3/c1-11(5-7-13)15-10-6-12(2,3)16-9-4-8-14/h8,11H,4-7,9-10,13H2,1-3H3. The number of aldehydes is 1. The maximum Gasteiger partial charge on any atom is 0.122 e. The number of rotatable bonds is 10. The number of carbonyl (C=O) groups is 1. The van der Waals surface area contributed by atoms with Crippen LogP contribution in [0.3, 0.4) is 0 Å². The summed E-state index contributed by atoms with van der Waals surface area (Å²) in [5, 5.41) is 0. The van der Waals surface area contributed by atoms with E-state index in [1.165, 1.54) is 0 Å². The molecule has 0 spiro atoms. The second-order valence-electron chi connectivity index (χ2n) is 4.57. The Balaban J connectivity index is 3.60. The number of nitrogens with two attached hydrogens (primary N) is 1. The Morgan fingerprint density at radius 2 is 2.06 bits per heavy atom. The highest BCUT2D eigenvalue weighted by molar-refractivity contribution is 5.49. The summed E-state index contributed by atoms with van der Waals surface area (Å²) in [6.45, 7) is 7.83. The maximum absolute atomic E-state index is 10.1. The molecule has 0 fully saturated rings. The molecule has 0 aromatic heterocycles. The molecule has 0 aromatic rings. The predicted octanol–water partition coefficient (Wildman–Crippen LogP) is 1.51. The molecular formula is C12H25NO3.